The zero-order valence-corrected chi connectivity index (χ0v) is 14.7. The summed E-state index contributed by atoms with van der Waals surface area (Å²) in [5.74, 6) is 2.20. The van der Waals surface area contributed by atoms with E-state index in [0.717, 1.165) is 12.8 Å². The van der Waals surface area contributed by atoms with Crippen LogP contribution in [0, 0.1) is 30.6 Å². The smallest absolute Gasteiger partial charge is 0.223 e. The van der Waals surface area contributed by atoms with E-state index in [4.69, 9.17) is 5.73 Å². The van der Waals surface area contributed by atoms with E-state index in [1.165, 1.54) is 43.2 Å². The average Bonchev–Trinajstić information content (AvgIpc) is 3.38. The summed E-state index contributed by atoms with van der Waals surface area (Å²) in [4.78, 5) is 13.0. The first-order chi connectivity index (χ1) is 11.6. The number of nitrogens with two attached hydrogens (primary N) is 1. The fraction of sp³-hybridized carbons (Fsp3) is 0.667. The molecule has 24 heavy (non-hydrogen) atoms. The van der Waals surface area contributed by atoms with Gasteiger partial charge in [0.2, 0.25) is 5.91 Å². The Labute approximate surface area is 145 Å². The molecule has 3 N–H and O–H groups in total. The van der Waals surface area contributed by atoms with Crippen molar-refractivity contribution in [2.45, 2.75) is 64.0 Å². The number of amides is 1. The molecular weight excluding hydrogens is 296 g/mol. The number of benzene rings is 1. The summed E-state index contributed by atoms with van der Waals surface area (Å²) in [5, 5.41) is 3.41. The van der Waals surface area contributed by atoms with Gasteiger partial charge in [0.15, 0.2) is 0 Å². The van der Waals surface area contributed by atoms with E-state index in [-0.39, 0.29) is 17.9 Å². The van der Waals surface area contributed by atoms with Gasteiger partial charge in [-0.2, -0.15) is 0 Å². The predicted octanol–water partition coefficient (Wildman–Crippen LogP) is 3.72. The Hall–Kier alpha value is -1.35. The first-order valence-electron chi connectivity index (χ1n) is 9.74. The van der Waals surface area contributed by atoms with Crippen molar-refractivity contribution in [2.75, 3.05) is 0 Å². The van der Waals surface area contributed by atoms with Gasteiger partial charge in [0.25, 0.3) is 0 Å². The van der Waals surface area contributed by atoms with Crippen LogP contribution in [-0.4, -0.2) is 11.9 Å². The highest BCUT2D eigenvalue weighted by atomic mass is 16.1. The predicted molar refractivity (Wildman–Crippen MR) is 96.3 cm³/mol. The van der Waals surface area contributed by atoms with Crippen LogP contribution in [0.15, 0.2) is 24.3 Å². The summed E-state index contributed by atoms with van der Waals surface area (Å²) in [7, 11) is 0. The Morgan fingerprint density at radius 2 is 1.71 bits per heavy atom. The van der Waals surface area contributed by atoms with E-state index < -0.39 is 0 Å². The van der Waals surface area contributed by atoms with E-state index in [1.807, 2.05) is 0 Å². The van der Waals surface area contributed by atoms with E-state index >= 15 is 0 Å². The minimum absolute atomic E-state index is 0.173. The summed E-state index contributed by atoms with van der Waals surface area (Å²) in [5.41, 5.74) is 8.92. The van der Waals surface area contributed by atoms with E-state index in [2.05, 4.69) is 36.5 Å². The zero-order valence-electron chi connectivity index (χ0n) is 14.7. The van der Waals surface area contributed by atoms with Crippen LogP contribution in [0.2, 0.25) is 0 Å². The second-order valence-corrected chi connectivity index (χ2v) is 8.43. The van der Waals surface area contributed by atoms with E-state index in [0.29, 0.717) is 23.8 Å². The maximum atomic E-state index is 13.0. The van der Waals surface area contributed by atoms with Gasteiger partial charge in [-0.3, -0.25) is 4.79 Å². The molecule has 3 aliphatic carbocycles. The second kappa shape index (κ2) is 6.51. The molecule has 2 bridgehead atoms. The second-order valence-electron chi connectivity index (χ2n) is 8.43. The Kier molecular flexibility index (Phi) is 4.38. The van der Waals surface area contributed by atoms with Gasteiger partial charge in [-0.1, -0.05) is 36.2 Å². The fourth-order valence-electron chi connectivity index (χ4n) is 4.95. The zero-order chi connectivity index (χ0) is 16.7. The Morgan fingerprint density at radius 1 is 1.08 bits per heavy atom. The third-order valence-corrected chi connectivity index (χ3v) is 6.61. The van der Waals surface area contributed by atoms with Crippen molar-refractivity contribution in [3.8, 4) is 0 Å². The normalized spacial score (nSPS) is 33.8. The van der Waals surface area contributed by atoms with E-state index in [1.54, 1.807) is 0 Å². The third kappa shape index (κ3) is 3.23. The van der Waals surface area contributed by atoms with Crippen LogP contribution in [0.1, 0.15) is 62.1 Å². The van der Waals surface area contributed by atoms with Gasteiger partial charge in [0.1, 0.15) is 0 Å². The fourth-order valence-corrected chi connectivity index (χ4v) is 4.95. The molecule has 0 spiro atoms. The standard InChI is InChI=1S/C21H30N2O/c1-13-5-7-14(8-6-13)20(15-9-10-15)23-21(24)18-11-16-3-2-4-17(12-18)19(16)22/h5-8,15-20H,2-4,9-12,22H2,1H3,(H,23,24). The maximum Gasteiger partial charge on any atom is 0.223 e. The van der Waals surface area contributed by atoms with Crippen LogP contribution in [0.25, 0.3) is 0 Å². The van der Waals surface area contributed by atoms with E-state index in [9.17, 15) is 4.79 Å². The van der Waals surface area contributed by atoms with Crippen molar-refractivity contribution in [1.82, 2.24) is 5.32 Å². The van der Waals surface area contributed by atoms with Gasteiger partial charge in [0.05, 0.1) is 6.04 Å². The Balaban J connectivity index is 1.45. The average molecular weight is 326 g/mol. The molecule has 1 aromatic rings. The topological polar surface area (TPSA) is 55.1 Å². The molecule has 3 aliphatic rings. The number of nitrogens with one attached hydrogen (secondary N) is 1. The van der Waals surface area contributed by atoms with Crippen molar-refractivity contribution in [1.29, 1.82) is 0 Å². The lowest BCUT2D eigenvalue weighted by atomic mass is 9.65. The number of carbonyl (C=O) groups excluding carboxylic acids is 1. The molecule has 3 saturated carbocycles. The molecular formula is C21H30N2O. The quantitative estimate of drug-likeness (QED) is 0.886. The van der Waals surface area contributed by atoms with Crippen LogP contribution in [-0.2, 0) is 4.79 Å². The third-order valence-electron chi connectivity index (χ3n) is 6.61. The van der Waals surface area contributed by atoms with Crippen LogP contribution < -0.4 is 11.1 Å². The molecule has 3 heteroatoms. The molecule has 0 heterocycles. The molecule has 3 unspecified atom stereocenters. The monoisotopic (exact) mass is 326 g/mol. The van der Waals surface area contributed by atoms with Gasteiger partial charge in [-0.05, 0) is 68.8 Å². The molecule has 0 radical (unpaired) electrons. The van der Waals surface area contributed by atoms with Crippen molar-refractivity contribution in [3.05, 3.63) is 35.4 Å². The van der Waals surface area contributed by atoms with Crippen LogP contribution in [0.3, 0.4) is 0 Å². The number of hydrogen-bond acceptors (Lipinski definition) is 2. The molecule has 1 aromatic carbocycles. The highest BCUT2D eigenvalue weighted by Crippen LogP contribution is 2.44. The largest absolute Gasteiger partial charge is 0.349 e. The summed E-state index contributed by atoms with van der Waals surface area (Å²) < 4.78 is 0. The Bertz CT molecular complexity index is 578. The number of fused-ring (bicyclic) bond motifs is 2. The summed E-state index contributed by atoms with van der Waals surface area (Å²) in [6.07, 6.45) is 8.19. The minimum Gasteiger partial charge on any atom is -0.349 e. The highest BCUT2D eigenvalue weighted by molar-refractivity contribution is 5.79. The number of hydrogen-bond donors (Lipinski definition) is 2. The van der Waals surface area contributed by atoms with Crippen molar-refractivity contribution in [3.63, 3.8) is 0 Å². The first kappa shape index (κ1) is 16.1. The van der Waals surface area contributed by atoms with Crippen LogP contribution in [0.4, 0.5) is 0 Å². The lowest BCUT2D eigenvalue weighted by Gasteiger charge is -2.43. The molecule has 0 saturated heterocycles. The Morgan fingerprint density at radius 3 is 2.29 bits per heavy atom. The molecule has 3 fully saturated rings. The molecule has 3 atom stereocenters. The summed E-state index contributed by atoms with van der Waals surface area (Å²) in [6, 6.07) is 9.21. The summed E-state index contributed by atoms with van der Waals surface area (Å²) in [6.45, 7) is 2.11. The van der Waals surface area contributed by atoms with Crippen molar-refractivity contribution >= 4 is 5.91 Å². The van der Waals surface area contributed by atoms with Gasteiger partial charge < -0.3 is 11.1 Å². The van der Waals surface area contributed by atoms with Gasteiger partial charge in [0, 0.05) is 12.0 Å². The van der Waals surface area contributed by atoms with Crippen molar-refractivity contribution in [2.24, 2.45) is 29.4 Å². The molecule has 0 aliphatic heterocycles. The number of aryl methyl sites for hydroxylation is 1. The van der Waals surface area contributed by atoms with Gasteiger partial charge in [-0.25, -0.2) is 0 Å². The molecule has 0 aromatic heterocycles. The molecule has 4 rings (SSSR count). The van der Waals surface area contributed by atoms with Crippen LogP contribution in [0.5, 0.6) is 0 Å². The summed E-state index contributed by atoms with van der Waals surface area (Å²) >= 11 is 0. The maximum absolute atomic E-state index is 13.0. The minimum atomic E-state index is 0.173. The molecule has 3 nitrogen and oxygen atoms in total. The number of rotatable bonds is 4. The first-order valence-corrected chi connectivity index (χ1v) is 9.74. The molecule has 130 valence electrons. The van der Waals surface area contributed by atoms with Gasteiger partial charge >= 0.3 is 0 Å². The highest BCUT2D eigenvalue weighted by Gasteiger charge is 2.42. The lowest BCUT2D eigenvalue weighted by molar-refractivity contribution is -0.128. The van der Waals surface area contributed by atoms with Gasteiger partial charge in [-0.15, -0.1) is 0 Å². The molecule has 1 amide bonds. The van der Waals surface area contributed by atoms with Crippen LogP contribution >= 0.6 is 0 Å². The van der Waals surface area contributed by atoms with Crippen molar-refractivity contribution < 1.29 is 4.79 Å². The SMILES string of the molecule is Cc1ccc(C(NC(=O)C2CC3CCCC(C2)C3N)C2CC2)cc1. The lowest BCUT2D eigenvalue weighted by Crippen LogP contribution is -2.49. The number of carbonyl (C=O) groups is 1.